The molecule has 0 spiro atoms. The van der Waals surface area contributed by atoms with E-state index >= 15 is 0 Å². The van der Waals surface area contributed by atoms with Crippen molar-refractivity contribution in [2.24, 2.45) is 0 Å². The van der Waals surface area contributed by atoms with E-state index in [1.165, 1.54) is 12.1 Å². The highest BCUT2D eigenvalue weighted by atomic mass is 19.1. The van der Waals surface area contributed by atoms with Crippen LogP contribution < -0.4 is 5.76 Å². The van der Waals surface area contributed by atoms with E-state index in [-0.39, 0.29) is 17.5 Å². The van der Waals surface area contributed by atoms with Crippen LogP contribution >= 0.6 is 0 Å². The topological polar surface area (TPSA) is 77.3 Å². The third-order valence-corrected chi connectivity index (χ3v) is 5.59. The van der Waals surface area contributed by atoms with E-state index in [9.17, 15) is 9.18 Å². The summed E-state index contributed by atoms with van der Waals surface area (Å²) in [4.78, 5) is 19.0. The van der Waals surface area contributed by atoms with Gasteiger partial charge in [-0.15, -0.1) is 0 Å². The van der Waals surface area contributed by atoms with E-state index in [1.807, 2.05) is 18.2 Å². The largest absolute Gasteiger partial charge is 0.419 e. The third kappa shape index (κ3) is 3.66. The number of halogens is 1. The first-order chi connectivity index (χ1) is 14.7. The number of rotatable bonds is 5. The Kier molecular flexibility index (Phi) is 4.92. The Morgan fingerprint density at radius 2 is 2.03 bits per heavy atom. The van der Waals surface area contributed by atoms with Crippen LogP contribution in [-0.2, 0) is 6.54 Å². The fraction of sp³-hybridized carbons (Fsp3) is 0.318. The maximum Gasteiger partial charge on any atom is 0.419 e. The molecule has 0 bridgehead atoms. The molecule has 2 aromatic heterocycles. The van der Waals surface area contributed by atoms with Gasteiger partial charge in [0.15, 0.2) is 5.58 Å². The molecule has 1 aliphatic rings. The molecular weight excluding hydrogens is 387 g/mol. The van der Waals surface area contributed by atoms with E-state index in [0.717, 1.165) is 38.0 Å². The lowest BCUT2D eigenvalue weighted by atomic mass is 9.98. The van der Waals surface area contributed by atoms with Gasteiger partial charge in [0.25, 0.3) is 0 Å². The van der Waals surface area contributed by atoms with Gasteiger partial charge in [0.2, 0.25) is 11.7 Å². The number of para-hydroxylation sites is 2. The Labute approximate surface area is 171 Å². The summed E-state index contributed by atoms with van der Waals surface area (Å²) in [6.07, 6.45) is 1.96. The highest BCUT2D eigenvalue weighted by Gasteiger charge is 2.26. The molecule has 5 rings (SSSR count). The smallest absolute Gasteiger partial charge is 0.408 e. The molecule has 4 aromatic rings. The summed E-state index contributed by atoms with van der Waals surface area (Å²) in [5.41, 5.74) is 2.02. The van der Waals surface area contributed by atoms with Gasteiger partial charge >= 0.3 is 5.76 Å². The number of likely N-dealkylation sites (tertiary alicyclic amines) is 1. The van der Waals surface area contributed by atoms with E-state index in [1.54, 1.807) is 22.8 Å². The van der Waals surface area contributed by atoms with E-state index in [0.29, 0.717) is 29.4 Å². The molecule has 8 heteroatoms. The third-order valence-electron chi connectivity index (χ3n) is 5.59. The first-order valence-corrected chi connectivity index (χ1v) is 10.1. The zero-order chi connectivity index (χ0) is 20.5. The molecule has 1 unspecified atom stereocenters. The minimum Gasteiger partial charge on any atom is -0.408 e. The first-order valence-electron chi connectivity index (χ1n) is 10.1. The Bertz CT molecular complexity index is 1230. The van der Waals surface area contributed by atoms with Crippen molar-refractivity contribution in [3.05, 3.63) is 70.8 Å². The summed E-state index contributed by atoms with van der Waals surface area (Å²) < 4.78 is 25.9. The van der Waals surface area contributed by atoms with Gasteiger partial charge in [-0.05, 0) is 43.7 Å². The molecule has 154 valence electrons. The fourth-order valence-electron chi connectivity index (χ4n) is 4.07. The maximum absolute atomic E-state index is 13.5. The number of nitrogens with zero attached hydrogens (tertiary/aromatic N) is 4. The van der Waals surface area contributed by atoms with Crippen LogP contribution in [0.4, 0.5) is 4.39 Å². The molecule has 7 nitrogen and oxygen atoms in total. The molecule has 1 atom stereocenters. The number of piperidine rings is 1. The lowest BCUT2D eigenvalue weighted by Crippen LogP contribution is -2.37. The van der Waals surface area contributed by atoms with Gasteiger partial charge in [-0.3, -0.25) is 4.57 Å². The quantitative estimate of drug-likeness (QED) is 0.502. The van der Waals surface area contributed by atoms with Crippen molar-refractivity contribution in [1.82, 2.24) is 19.6 Å². The zero-order valence-corrected chi connectivity index (χ0v) is 16.3. The Morgan fingerprint density at radius 1 is 1.13 bits per heavy atom. The van der Waals surface area contributed by atoms with Crippen molar-refractivity contribution in [1.29, 1.82) is 0 Å². The van der Waals surface area contributed by atoms with Crippen LogP contribution in [0.1, 0.15) is 24.7 Å². The SMILES string of the molecule is O=c1oc2ccccc2n1CCN1CCCC(c2nc(-c3cccc(F)c3)no2)C1. The van der Waals surface area contributed by atoms with Gasteiger partial charge in [-0.25, -0.2) is 9.18 Å². The maximum atomic E-state index is 13.5. The number of benzene rings is 2. The monoisotopic (exact) mass is 408 g/mol. The summed E-state index contributed by atoms with van der Waals surface area (Å²) in [5.74, 6) is 0.431. The molecule has 0 N–H and O–H groups in total. The van der Waals surface area contributed by atoms with Crippen LogP contribution in [0.25, 0.3) is 22.5 Å². The van der Waals surface area contributed by atoms with Gasteiger partial charge in [0, 0.05) is 25.2 Å². The van der Waals surface area contributed by atoms with Gasteiger partial charge in [0.05, 0.1) is 11.4 Å². The Hall–Kier alpha value is -3.26. The van der Waals surface area contributed by atoms with Crippen LogP contribution in [0.5, 0.6) is 0 Å². The van der Waals surface area contributed by atoms with Gasteiger partial charge < -0.3 is 13.8 Å². The zero-order valence-electron chi connectivity index (χ0n) is 16.3. The highest BCUT2D eigenvalue weighted by Crippen LogP contribution is 2.27. The summed E-state index contributed by atoms with van der Waals surface area (Å²) in [5, 5.41) is 4.03. The van der Waals surface area contributed by atoms with Crippen molar-refractivity contribution < 1.29 is 13.3 Å². The summed E-state index contributed by atoms with van der Waals surface area (Å²) in [6, 6.07) is 13.6. The van der Waals surface area contributed by atoms with Crippen LogP contribution in [0.2, 0.25) is 0 Å². The predicted molar refractivity (Wildman–Crippen MR) is 109 cm³/mol. The van der Waals surface area contributed by atoms with Crippen LogP contribution in [-0.4, -0.2) is 39.2 Å². The molecule has 0 saturated carbocycles. The highest BCUT2D eigenvalue weighted by molar-refractivity contribution is 5.72. The summed E-state index contributed by atoms with van der Waals surface area (Å²) in [6.45, 7) is 3.01. The van der Waals surface area contributed by atoms with Crippen molar-refractivity contribution in [3.63, 3.8) is 0 Å². The minimum absolute atomic E-state index is 0.117. The molecule has 0 radical (unpaired) electrons. The average molecular weight is 408 g/mol. The molecule has 1 aliphatic heterocycles. The molecule has 30 heavy (non-hydrogen) atoms. The summed E-state index contributed by atoms with van der Waals surface area (Å²) in [7, 11) is 0. The van der Waals surface area contributed by atoms with Gasteiger partial charge in [-0.1, -0.05) is 29.4 Å². The first kappa shape index (κ1) is 18.7. The van der Waals surface area contributed by atoms with Crippen molar-refractivity contribution in [3.8, 4) is 11.4 Å². The molecular formula is C22H21FN4O3. The second kappa shape index (κ2) is 7.87. The average Bonchev–Trinajstić information content (AvgIpc) is 3.37. The molecule has 1 saturated heterocycles. The normalized spacial score (nSPS) is 17.6. The minimum atomic E-state index is -0.332. The van der Waals surface area contributed by atoms with Crippen LogP contribution in [0.15, 0.2) is 62.3 Å². The standard InChI is InChI=1S/C22H21FN4O3/c23-17-7-3-5-15(13-17)20-24-21(30-25-20)16-6-4-10-26(14-16)11-12-27-18-8-1-2-9-19(18)29-22(27)28/h1-3,5,7-9,13,16H,4,6,10-12,14H2. The predicted octanol–water partition coefficient (Wildman–Crippen LogP) is 3.66. The van der Waals surface area contributed by atoms with E-state index in [4.69, 9.17) is 8.94 Å². The molecule has 2 aromatic carbocycles. The van der Waals surface area contributed by atoms with Gasteiger partial charge in [-0.2, -0.15) is 4.98 Å². The summed E-state index contributed by atoms with van der Waals surface area (Å²) >= 11 is 0. The second-order valence-corrected chi connectivity index (χ2v) is 7.59. The lowest BCUT2D eigenvalue weighted by molar-refractivity contribution is 0.181. The number of hydrogen-bond acceptors (Lipinski definition) is 6. The fourth-order valence-corrected chi connectivity index (χ4v) is 4.07. The molecule has 0 aliphatic carbocycles. The number of hydrogen-bond donors (Lipinski definition) is 0. The lowest BCUT2D eigenvalue weighted by Gasteiger charge is -2.30. The van der Waals surface area contributed by atoms with Crippen molar-refractivity contribution >= 4 is 11.1 Å². The molecule has 0 amide bonds. The Morgan fingerprint density at radius 3 is 2.93 bits per heavy atom. The van der Waals surface area contributed by atoms with Crippen molar-refractivity contribution in [2.75, 3.05) is 19.6 Å². The number of oxazole rings is 1. The van der Waals surface area contributed by atoms with Crippen LogP contribution in [0, 0.1) is 5.82 Å². The van der Waals surface area contributed by atoms with E-state index in [2.05, 4.69) is 15.0 Å². The Balaban J connectivity index is 1.27. The number of aromatic nitrogens is 3. The van der Waals surface area contributed by atoms with Crippen LogP contribution in [0.3, 0.4) is 0 Å². The second-order valence-electron chi connectivity index (χ2n) is 7.59. The van der Waals surface area contributed by atoms with E-state index < -0.39 is 0 Å². The molecule has 3 heterocycles. The molecule has 1 fully saturated rings. The van der Waals surface area contributed by atoms with Crippen molar-refractivity contribution in [2.45, 2.75) is 25.3 Å². The van der Waals surface area contributed by atoms with Gasteiger partial charge in [0.1, 0.15) is 5.82 Å². The number of fused-ring (bicyclic) bond motifs is 1.